The Bertz CT molecular complexity index is 4050. The Morgan fingerprint density at radius 2 is 0.978 bits per heavy atom. The van der Waals surface area contributed by atoms with Gasteiger partial charge in [0.2, 0.25) is 0 Å². The fourth-order valence-corrected chi connectivity index (χ4v) is 10.7. The SMILES string of the molecule is CC(=O)O.CC(=O)O.CCBr.Cc1ccc(-c2c(C)noc2C)cc1N.N#CC1(c2ccc(Br)cc2)CC1.[C-]#[N+]C1(c2ccc(N(CC)c3cc(-c4c(C)noc4C)ccc3C)cc2)CC1.[C-]#[N+]C1(c2ccc(Nc3cc(-c4c(C)noc4C)ccc3C)cc2)CC1.[Pd]. The van der Waals surface area contributed by atoms with Crippen molar-refractivity contribution in [3.63, 3.8) is 0 Å². The van der Waals surface area contributed by atoms with Gasteiger partial charge in [-0.2, -0.15) is 5.26 Å². The number of nitrogen functional groups attached to an aromatic ring is 1. The van der Waals surface area contributed by atoms with Crippen molar-refractivity contribution in [2.24, 2.45) is 0 Å². The van der Waals surface area contributed by atoms with E-state index in [1.165, 1.54) is 16.8 Å². The third kappa shape index (κ3) is 19.7. The van der Waals surface area contributed by atoms with Gasteiger partial charge in [0.15, 0.2) is 0 Å². The molecule has 0 radical (unpaired) electrons. The molecule has 0 bridgehead atoms. The van der Waals surface area contributed by atoms with Crippen LogP contribution in [0.4, 0.5) is 28.4 Å². The Labute approximate surface area is 577 Å². The third-order valence-electron chi connectivity index (χ3n) is 16.0. The van der Waals surface area contributed by atoms with Gasteiger partial charge in [0, 0.05) is 133 Å². The largest absolute Gasteiger partial charge is 0.481 e. The molecule has 0 aliphatic heterocycles. The number of rotatable bonds is 11. The van der Waals surface area contributed by atoms with E-state index in [2.05, 4.69) is 179 Å². The molecule has 3 fully saturated rings. The molecule has 16 nitrogen and oxygen atoms in total. The van der Waals surface area contributed by atoms with Crippen LogP contribution in [0.2, 0.25) is 0 Å². The number of nitriles is 1. The first kappa shape index (κ1) is 75.1. The number of aliphatic carboxylic acids is 2. The molecular formula is C74H81Br2N9O7Pd. The summed E-state index contributed by atoms with van der Waals surface area (Å²) in [4.78, 5) is 28.0. The monoisotopic (exact) mass is 1470 g/mol. The number of hydrogen-bond acceptors (Lipinski definition) is 12. The van der Waals surface area contributed by atoms with Gasteiger partial charge in [-0.25, -0.2) is 13.1 Å². The molecule has 3 aromatic heterocycles. The maximum absolute atomic E-state index is 9.00. The third-order valence-corrected chi connectivity index (χ3v) is 16.5. The number of nitrogens with one attached hydrogen (secondary N) is 1. The maximum atomic E-state index is 9.00. The summed E-state index contributed by atoms with van der Waals surface area (Å²) in [6, 6.07) is 46.1. The van der Waals surface area contributed by atoms with Crippen LogP contribution in [0.25, 0.3) is 43.1 Å². The van der Waals surface area contributed by atoms with E-state index in [0.29, 0.717) is 0 Å². The van der Waals surface area contributed by atoms with Gasteiger partial charge < -0.3 is 49.4 Å². The summed E-state index contributed by atoms with van der Waals surface area (Å²) >= 11 is 6.52. The molecule has 6 aromatic carbocycles. The van der Waals surface area contributed by atoms with Gasteiger partial charge in [-0.15, -0.1) is 0 Å². The van der Waals surface area contributed by atoms with Crippen LogP contribution in [0.1, 0.15) is 134 Å². The molecule has 0 atom stereocenters. The minimum Gasteiger partial charge on any atom is -0.481 e. The van der Waals surface area contributed by atoms with Gasteiger partial charge in [0.1, 0.15) is 17.3 Å². The molecule has 488 valence electrons. The molecule has 3 aliphatic rings. The number of anilines is 5. The fraction of sp³-hybridized carbons (Fsp3) is 0.324. The van der Waals surface area contributed by atoms with Crippen LogP contribution >= 0.6 is 31.9 Å². The van der Waals surface area contributed by atoms with Gasteiger partial charge >= 0.3 is 0 Å². The molecule has 0 amide bonds. The first-order valence-corrected chi connectivity index (χ1v) is 32.2. The standard InChI is InChI=1S/C24H25N3O.C22H21N3O.C12H14N2O.C10H8BrN.C2H5Br.2C2H4O2.Pd/c1-6-27(21-11-9-20(10-12-21)24(25-5)13-14-24)22-15-19(8-7-16(22)2)23-17(3)26-28-18(23)4;1-14-5-6-17(21-15(2)25-26-16(21)3)13-20(14)24-19-9-7-18(8-10-19)22(23-4)11-12-22;1-7-4-5-10(6-11(7)13)12-8(2)14-15-9(12)3;11-9-3-1-8(2-4-9)10(7-12)5-6-10;1-2-3;2*1-2(3)4;/h7-12,15H,6,13-14H2,1-4H3;5-10,13,24H,11-12H2,1-3H3;4-6H,13H2,1-3H3;1-4H,5-6H2;2H2,1H3;2*1H3,(H,3,4);. The van der Waals surface area contributed by atoms with E-state index < -0.39 is 11.9 Å². The van der Waals surface area contributed by atoms with Gasteiger partial charge in [0.05, 0.1) is 28.6 Å². The van der Waals surface area contributed by atoms with E-state index in [1.54, 1.807) is 0 Å². The molecule has 9 aromatic rings. The van der Waals surface area contributed by atoms with E-state index >= 15 is 0 Å². The van der Waals surface area contributed by atoms with Crippen molar-refractivity contribution in [3.05, 3.63) is 222 Å². The van der Waals surface area contributed by atoms with Crippen LogP contribution in [0.5, 0.6) is 0 Å². The van der Waals surface area contributed by atoms with Crippen LogP contribution < -0.4 is 16.0 Å². The zero-order valence-electron chi connectivity index (χ0n) is 55.0. The minimum atomic E-state index is -0.833. The van der Waals surface area contributed by atoms with Crippen LogP contribution in [0.3, 0.4) is 0 Å². The number of nitrogens with zero attached hydrogens (tertiary/aromatic N) is 7. The molecule has 3 heterocycles. The van der Waals surface area contributed by atoms with Crippen LogP contribution in [-0.2, 0) is 46.5 Å². The molecule has 3 aliphatic carbocycles. The van der Waals surface area contributed by atoms with Crippen molar-refractivity contribution < 1.29 is 53.8 Å². The normalized spacial score (nSPS) is 13.3. The minimum absolute atomic E-state index is 0. The van der Waals surface area contributed by atoms with E-state index in [4.69, 9.17) is 57.5 Å². The van der Waals surface area contributed by atoms with Crippen LogP contribution in [0, 0.1) is 86.8 Å². The number of aryl methyl sites for hydroxylation is 9. The average molecular weight is 1470 g/mol. The zero-order chi connectivity index (χ0) is 67.7. The Hall–Kier alpha value is -8.62. The van der Waals surface area contributed by atoms with Crippen molar-refractivity contribution in [2.75, 3.05) is 27.8 Å². The second kappa shape index (κ2) is 33.8. The van der Waals surface area contributed by atoms with E-state index in [0.717, 1.165) is 181 Å². The van der Waals surface area contributed by atoms with Crippen LogP contribution in [0.15, 0.2) is 145 Å². The number of benzene rings is 6. The molecule has 3 saturated carbocycles. The smallest absolute Gasteiger partial charge is 0.300 e. The summed E-state index contributed by atoms with van der Waals surface area (Å²) in [5, 5.41) is 40.4. The van der Waals surface area contributed by atoms with Crippen LogP contribution in [-0.4, -0.2) is 49.5 Å². The van der Waals surface area contributed by atoms with E-state index in [-0.39, 0.29) is 36.9 Å². The number of carboxylic acid groups (broad SMARTS) is 2. The number of halogens is 2. The molecule has 93 heavy (non-hydrogen) atoms. The van der Waals surface area contributed by atoms with Gasteiger partial charge in [0.25, 0.3) is 23.0 Å². The van der Waals surface area contributed by atoms with Crippen molar-refractivity contribution in [1.82, 2.24) is 15.5 Å². The first-order chi connectivity index (χ1) is 43.7. The number of carboxylic acids is 2. The Morgan fingerprint density at radius 3 is 1.33 bits per heavy atom. The van der Waals surface area contributed by atoms with Gasteiger partial charge in [-0.05, 0) is 200 Å². The summed E-state index contributed by atoms with van der Waals surface area (Å²) < 4.78 is 16.9. The second-order valence-electron chi connectivity index (χ2n) is 23.0. The van der Waals surface area contributed by atoms with Gasteiger partial charge in [-0.3, -0.25) is 9.59 Å². The predicted octanol–water partition coefficient (Wildman–Crippen LogP) is 19.7. The Morgan fingerprint density at radius 1 is 0.602 bits per heavy atom. The number of carbonyl (C=O) groups is 2. The number of alkyl halides is 1. The van der Waals surface area contributed by atoms with E-state index in [1.807, 2.05) is 97.9 Å². The summed E-state index contributed by atoms with van der Waals surface area (Å²) in [5.41, 5.74) is 26.5. The number of aromatic nitrogens is 3. The molecule has 5 N–H and O–H groups in total. The molecule has 12 rings (SSSR count). The topological polar surface area (TPSA) is 226 Å². The van der Waals surface area contributed by atoms with Gasteiger partial charge in [-0.1, -0.05) is 103 Å². The van der Waals surface area contributed by atoms with Crippen molar-refractivity contribution in [3.8, 4) is 39.4 Å². The molecule has 19 heteroatoms. The second-order valence-corrected chi connectivity index (χ2v) is 25.0. The quantitative estimate of drug-likeness (QED) is 0.0409. The fourth-order valence-electron chi connectivity index (χ4n) is 10.4. The predicted molar refractivity (Wildman–Crippen MR) is 373 cm³/mol. The van der Waals surface area contributed by atoms with Crippen molar-refractivity contribution in [2.45, 2.75) is 145 Å². The summed E-state index contributed by atoms with van der Waals surface area (Å²) in [6.45, 7) is 40.0. The summed E-state index contributed by atoms with van der Waals surface area (Å²) in [6.07, 6.45) is 5.94. The van der Waals surface area contributed by atoms with Crippen molar-refractivity contribution >= 4 is 72.2 Å². The summed E-state index contributed by atoms with van der Waals surface area (Å²) in [5.74, 6) is 0.833. The van der Waals surface area contributed by atoms with E-state index in [9.17, 15) is 0 Å². The molecular weight excluding hydrogens is 1390 g/mol. The zero-order valence-corrected chi connectivity index (χ0v) is 59.7. The molecule has 0 unspecified atom stereocenters. The maximum Gasteiger partial charge on any atom is 0.300 e. The summed E-state index contributed by atoms with van der Waals surface area (Å²) in [7, 11) is 0. The number of nitrogens with two attached hydrogens (primary N) is 1. The Kier molecular flexibility index (Phi) is 27.3. The first-order valence-electron chi connectivity index (χ1n) is 30.3. The Balaban J connectivity index is 0.000000221. The molecule has 0 spiro atoms. The molecule has 0 saturated heterocycles. The van der Waals surface area contributed by atoms with Crippen molar-refractivity contribution in [1.29, 1.82) is 5.26 Å². The average Bonchev–Trinajstić information content (AvgIpc) is 1.61. The number of hydrogen-bond donors (Lipinski definition) is 4.